The second-order valence-electron chi connectivity index (χ2n) is 5.35. The molecule has 0 bridgehead atoms. The van der Waals surface area contributed by atoms with Crippen molar-refractivity contribution in [1.82, 2.24) is 4.72 Å². The highest BCUT2D eigenvalue weighted by Gasteiger charge is 2.31. The number of aryl methyl sites for hydroxylation is 2. The molecular weight excluding hydrogens is 318 g/mol. The van der Waals surface area contributed by atoms with Crippen LogP contribution >= 0.6 is 12.4 Å². The summed E-state index contributed by atoms with van der Waals surface area (Å²) in [5, 5.41) is 11.1. The first-order chi connectivity index (χ1) is 9.00. The summed E-state index contributed by atoms with van der Waals surface area (Å²) in [6.07, 6.45) is 0. The third-order valence-electron chi connectivity index (χ3n) is 2.98. The predicted octanol–water partition coefficient (Wildman–Crippen LogP) is 1.65. The van der Waals surface area contributed by atoms with E-state index in [0.29, 0.717) is 11.1 Å². The second-order valence-corrected chi connectivity index (χ2v) is 7.01. The molecule has 0 fully saturated rings. The van der Waals surface area contributed by atoms with E-state index in [-0.39, 0.29) is 23.8 Å². The van der Waals surface area contributed by atoms with Crippen LogP contribution in [-0.4, -0.2) is 25.4 Å². The van der Waals surface area contributed by atoms with Crippen molar-refractivity contribution in [3.63, 3.8) is 0 Å². The van der Waals surface area contributed by atoms with E-state index in [0.717, 1.165) is 0 Å². The smallest absolute Gasteiger partial charge is 0.289 e. The van der Waals surface area contributed by atoms with Gasteiger partial charge in [-0.25, -0.2) is 13.1 Å². The van der Waals surface area contributed by atoms with Crippen LogP contribution in [0.4, 0.5) is 5.69 Å². The van der Waals surface area contributed by atoms with E-state index in [1.807, 2.05) is 0 Å². The highest BCUT2D eigenvalue weighted by Crippen LogP contribution is 2.27. The van der Waals surface area contributed by atoms with Gasteiger partial charge in [0, 0.05) is 18.2 Å². The number of nitrogens with two attached hydrogens (primary N) is 1. The quantitative estimate of drug-likeness (QED) is 0.626. The van der Waals surface area contributed by atoms with Gasteiger partial charge in [-0.2, -0.15) is 0 Å². The molecule has 120 valence electrons. The van der Waals surface area contributed by atoms with E-state index in [9.17, 15) is 18.5 Å². The normalized spacial score (nSPS) is 11.9. The molecule has 0 heterocycles. The molecule has 9 heteroatoms. The zero-order valence-corrected chi connectivity index (χ0v) is 14.0. The van der Waals surface area contributed by atoms with Crippen molar-refractivity contribution in [2.45, 2.75) is 38.1 Å². The molecule has 1 aromatic rings. The van der Waals surface area contributed by atoms with Gasteiger partial charge in [0.15, 0.2) is 4.90 Å². The minimum atomic E-state index is -4.02. The Hall–Kier alpha value is -1.22. The summed E-state index contributed by atoms with van der Waals surface area (Å²) in [5.41, 5.74) is 5.49. The van der Waals surface area contributed by atoms with Crippen molar-refractivity contribution in [2.75, 3.05) is 6.54 Å². The molecule has 0 amide bonds. The monoisotopic (exact) mass is 337 g/mol. The van der Waals surface area contributed by atoms with E-state index < -0.39 is 26.2 Å². The number of nitro groups is 1. The molecule has 0 saturated carbocycles. The lowest BCUT2D eigenvalue weighted by molar-refractivity contribution is -0.387. The number of rotatable bonds is 5. The van der Waals surface area contributed by atoms with Crippen molar-refractivity contribution < 1.29 is 13.3 Å². The number of hydrogen-bond acceptors (Lipinski definition) is 5. The highest BCUT2D eigenvalue weighted by molar-refractivity contribution is 7.89. The number of sulfonamides is 1. The first kappa shape index (κ1) is 19.8. The molecule has 0 spiro atoms. The average Bonchev–Trinajstić information content (AvgIpc) is 2.30. The molecule has 0 saturated heterocycles. The molecule has 0 radical (unpaired) electrons. The van der Waals surface area contributed by atoms with Gasteiger partial charge < -0.3 is 5.73 Å². The lowest BCUT2D eigenvalue weighted by Gasteiger charge is -2.24. The first-order valence-corrected chi connectivity index (χ1v) is 7.48. The third-order valence-corrected chi connectivity index (χ3v) is 4.71. The molecule has 0 aliphatic heterocycles. The Bertz CT molecular complexity index is 644. The van der Waals surface area contributed by atoms with Gasteiger partial charge in [0.25, 0.3) is 5.69 Å². The molecule has 0 aliphatic rings. The summed E-state index contributed by atoms with van der Waals surface area (Å²) in [4.78, 5) is 10.0. The fourth-order valence-corrected chi connectivity index (χ4v) is 3.25. The molecule has 0 aliphatic carbocycles. The Morgan fingerprint density at radius 1 is 1.29 bits per heavy atom. The zero-order chi connectivity index (χ0) is 15.7. The molecule has 0 atom stereocenters. The largest absolute Gasteiger partial charge is 0.329 e. The van der Waals surface area contributed by atoms with Gasteiger partial charge in [0.1, 0.15) is 0 Å². The summed E-state index contributed by atoms with van der Waals surface area (Å²) in [7, 11) is -4.02. The van der Waals surface area contributed by atoms with Crippen LogP contribution < -0.4 is 10.5 Å². The number of benzene rings is 1. The van der Waals surface area contributed by atoms with Crippen LogP contribution in [-0.2, 0) is 10.0 Å². The van der Waals surface area contributed by atoms with Gasteiger partial charge in [-0.15, -0.1) is 12.4 Å². The van der Waals surface area contributed by atoms with Gasteiger partial charge >= 0.3 is 0 Å². The van der Waals surface area contributed by atoms with Crippen LogP contribution in [0.15, 0.2) is 17.0 Å². The van der Waals surface area contributed by atoms with Gasteiger partial charge in [0.05, 0.1) is 4.92 Å². The van der Waals surface area contributed by atoms with Crippen LogP contribution in [0.1, 0.15) is 25.0 Å². The molecule has 0 aromatic heterocycles. The average molecular weight is 338 g/mol. The Labute approximate surface area is 130 Å². The molecular formula is C12H20ClN3O4S. The Kier molecular flexibility index (Phi) is 6.31. The lowest BCUT2D eigenvalue weighted by atomic mass is 10.1. The Balaban J connectivity index is 0.00000400. The number of hydrogen-bond donors (Lipinski definition) is 2. The standard InChI is InChI=1S/C12H19N3O4S.ClH/c1-8-5-10(15(16)17)11(6-9(8)2)20(18,19)14-12(3,4)7-13;/h5-6,14H,7,13H2,1-4H3;1H. The number of halogens is 1. The molecule has 1 rings (SSSR count). The Morgan fingerprint density at radius 3 is 2.19 bits per heavy atom. The van der Waals surface area contributed by atoms with Gasteiger partial charge in [-0.05, 0) is 44.9 Å². The number of nitrogens with one attached hydrogen (secondary N) is 1. The maximum Gasteiger partial charge on any atom is 0.289 e. The summed E-state index contributed by atoms with van der Waals surface area (Å²) < 4.78 is 27.0. The van der Waals surface area contributed by atoms with Crippen LogP contribution in [0.3, 0.4) is 0 Å². The zero-order valence-electron chi connectivity index (χ0n) is 12.3. The van der Waals surface area contributed by atoms with Crippen molar-refractivity contribution in [3.8, 4) is 0 Å². The topological polar surface area (TPSA) is 115 Å². The minimum absolute atomic E-state index is 0. The van der Waals surface area contributed by atoms with Gasteiger partial charge in [0.2, 0.25) is 10.0 Å². The van der Waals surface area contributed by atoms with Gasteiger partial charge in [-0.3, -0.25) is 10.1 Å². The fourth-order valence-electron chi connectivity index (χ4n) is 1.59. The minimum Gasteiger partial charge on any atom is -0.329 e. The van der Waals surface area contributed by atoms with E-state index in [1.54, 1.807) is 27.7 Å². The Morgan fingerprint density at radius 2 is 1.76 bits per heavy atom. The maximum atomic E-state index is 12.3. The number of nitrogens with zero attached hydrogens (tertiary/aromatic N) is 1. The lowest BCUT2D eigenvalue weighted by Crippen LogP contribution is -2.48. The molecule has 7 nitrogen and oxygen atoms in total. The first-order valence-electron chi connectivity index (χ1n) is 6.00. The molecule has 0 unspecified atom stereocenters. The second kappa shape index (κ2) is 6.69. The van der Waals surface area contributed by atoms with E-state index in [1.165, 1.54) is 12.1 Å². The maximum absolute atomic E-state index is 12.3. The SMILES string of the molecule is Cc1cc([N+](=O)[O-])c(S(=O)(=O)NC(C)(C)CN)cc1C.Cl. The number of nitro benzene ring substituents is 1. The van der Waals surface area contributed by atoms with Gasteiger partial charge in [-0.1, -0.05) is 0 Å². The van der Waals surface area contributed by atoms with Crippen molar-refractivity contribution in [1.29, 1.82) is 0 Å². The van der Waals surface area contributed by atoms with Crippen molar-refractivity contribution in [3.05, 3.63) is 33.4 Å². The predicted molar refractivity (Wildman–Crippen MR) is 83.3 cm³/mol. The third kappa shape index (κ3) is 4.63. The van der Waals surface area contributed by atoms with Crippen LogP contribution in [0.2, 0.25) is 0 Å². The summed E-state index contributed by atoms with van der Waals surface area (Å²) in [6, 6.07) is 2.57. The van der Waals surface area contributed by atoms with Crippen LogP contribution in [0.5, 0.6) is 0 Å². The summed E-state index contributed by atoms with van der Waals surface area (Å²) in [6.45, 7) is 6.68. The summed E-state index contributed by atoms with van der Waals surface area (Å²) >= 11 is 0. The van der Waals surface area contributed by atoms with E-state index in [4.69, 9.17) is 5.73 Å². The van der Waals surface area contributed by atoms with Crippen molar-refractivity contribution in [2.24, 2.45) is 5.73 Å². The summed E-state index contributed by atoms with van der Waals surface area (Å²) in [5.74, 6) is 0. The van der Waals surface area contributed by atoms with Crippen molar-refractivity contribution >= 4 is 28.1 Å². The van der Waals surface area contributed by atoms with E-state index >= 15 is 0 Å². The van der Waals surface area contributed by atoms with Crippen LogP contribution in [0, 0.1) is 24.0 Å². The molecule has 3 N–H and O–H groups in total. The fraction of sp³-hybridized carbons (Fsp3) is 0.500. The van der Waals surface area contributed by atoms with Crippen LogP contribution in [0.25, 0.3) is 0 Å². The highest BCUT2D eigenvalue weighted by atomic mass is 35.5. The molecule has 21 heavy (non-hydrogen) atoms. The van der Waals surface area contributed by atoms with E-state index in [2.05, 4.69) is 4.72 Å². The molecule has 1 aromatic carbocycles.